The third-order valence-electron chi connectivity index (χ3n) is 2.58. The number of rotatable bonds is 2. The van der Waals surface area contributed by atoms with Gasteiger partial charge >= 0.3 is 14.7 Å². The van der Waals surface area contributed by atoms with Gasteiger partial charge in [0.25, 0.3) is 0 Å². The topological polar surface area (TPSA) is 105 Å². The number of halogens is 1. The maximum atomic E-state index is 8.49. The summed E-state index contributed by atoms with van der Waals surface area (Å²) in [4.78, 5) is 4.65. The molecule has 22 heavy (non-hydrogen) atoms. The molecule has 116 valence electrons. The van der Waals surface area contributed by atoms with Gasteiger partial charge in [0.1, 0.15) is 0 Å². The SMILES string of the molecule is CSc1nc(-c2cccc3ccccc23)s[s+]1.[O-][Cl+3]([O-])([O-])[O-]. The van der Waals surface area contributed by atoms with Gasteiger partial charge in [-0.15, -0.1) is 10.2 Å². The lowest BCUT2D eigenvalue weighted by Crippen LogP contribution is -2.68. The maximum Gasteiger partial charge on any atom is 0.376 e. The van der Waals surface area contributed by atoms with E-state index in [1.807, 2.05) is 0 Å². The molecule has 1 heterocycles. The normalized spacial score (nSPS) is 11.1. The zero-order valence-corrected chi connectivity index (χ0v) is 14.4. The molecule has 3 aromatic rings. The third-order valence-corrected chi connectivity index (χ3v) is 6.07. The summed E-state index contributed by atoms with van der Waals surface area (Å²) in [5, 5.41) is 3.68. The van der Waals surface area contributed by atoms with Gasteiger partial charge in [-0.3, -0.25) is 0 Å². The Balaban J connectivity index is 0.000000309. The van der Waals surface area contributed by atoms with Crippen molar-refractivity contribution in [3.8, 4) is 10.6 Å². The first-order valence-electron chi connectivity index (χ1n) is 5.82. The van der Waals surface area contributed by atoms with E-state index in [1.54, 1.807) is 32.4 Å². The van der Waals surface area contributed by atoms with Crippen LogP contribution in [-0.4, -0.2) is 11.2 Å². The quantitative estimate of drug-likeness (QED) is 0.361. The minimum atomic E-state index is -4.94. The number of hydrogen-bond donors (Lipinski definition) is 0. The lowest BCUT2D eigenvalue weighted by Gasteiger charge is -2.17. The van der Waals surface area contributed by atoms with Crippen LogP contribution in [0.5, 0.6) is 0 Å². The molecule has 0 atom stereocenters. The Morgan fingerprint density at radius 1 is 1.05 bits per heavy atom. The second-order valence-electron chi connectivity index (χ2n) is 3.96. The largest absolute Gasteiger partial charge is 0.376 e. The van der Waals surface area contributed by atoms with Crippen LogP contribution in [0.25, 0.3) is 21.3 Å². The van der Waals surface area contributed by atoms with Crippen molar-refractivity contribution in [1.82, 2.24) is 4.98 Å². The van der Waals surface area contributed by atoms with Gasteiger partial charge in [-0.1, -0.05) is 42.5 Å². The van der Waals surface area contributed by atoms with E-state index in [2.05, 4.69) is 53.7 Å². The summed E-state index contributed by atoms with van der Waals surface area (Å²) in [5.41, 5.74) is 1.24. The Hall–Kier alpha value is -0.840. The Morgan fingerprint density at radius 3 is 2.32 bits per heavy atom. The second-order valence-corrected chi connectivity index (χ2v) is 7.87. The number of fused-ring (bicyclic) bond motifs is 1. The average Bonchev–Trinajstić information content (AvgIpc) is 2.94. The Kier molecular flexibility index (Phi) is 6.07. The fourth-order valence-corrected chi connectivity index (χ4v) is 4.90. The van der Waals surface area contributed by atoms with Gasteiger partial charge in [-0.25, -0.2) is 18.6 Å². The Bertz CT molecular complexity index is 749. The standard InChI is InChI=1S/C13H10NS3.ClHO4/c1-15-13-14-12(16-17-13)11-8-4-6-9-5-2-3-7-10(9)11;2-1(3,4)5/h2-8H,1H3;(H,2,3,4,5)/q+1;/p-1. The summed E-state index contributed by atoms with van der Waals surface area (Å²) in [6.45, 7) is 0. The van der Waals surface area contributed by atoms with E-state index in [1.165, 1.54) is 16.3 Å². The fourth-order valence-electron chi connectivity index (χ4n) is 1.79. The highest BCUT2D eigenvalue weighted by Crippen LogP contribution is 2.35. The number of nitrogens with zero attached hydrogens (tertiary/aromatic N) is 1. The van der Waals surface area contributed by atoms with E-state index in [0.717, 1.165) is 9.35 Å². The van der Waals surface area contributed by atoms with Gasteiger partial charge in [0, 0.05) is 5.56 Å². The molecule has 0 spiro atoms. The van der Waals surface area contributed by atoms with Crippen molar-refractivity contribution in [2.75, 3.05) is 6.26 Å². The highest BCUT2D eigenvalue weighted by Gasteiger charge is 2.17. The molecule has 5 nitrogen and oxygen atoms in total. The zero-order valence-electron chi connectivity index (χ0n) is 11.2. The van der Waals surface area contributed by atoms with Crippen molar-refractivity contribution < 1.29 is 28.9 Å². The summed E-state index contributed by atoms with van der Waals surface area (Å²) in [5.74, 6) is 0. The minimum absolute atomic E-state index is 1.12. The highest BCUT2D eigenvalue weighted by atomic mass is 35.7. The van der Waals surface area contributed by atoms with Crippen LogP contribution < -0.4 is 18.6 Å². The van der Waals surface area contributed by atoms with E-state index >= 15 is 0 Å². The fraction of sp³-hybridized carbons (Fsp3) is 0.0769. The van der Waals surface area contributed by atoms with Gasteiger partial charge in [-0.05, 0) is 28.8 Å². The second kappa shape index (κ2) is 7.62. The van der Waals surface area contributed by atoms with E-state index in [4.69, 9.17) is 18.6 Å². The Morgan fingerprint density at radius 2 is 1.68 bits per heavy atom. The summed E-state index contributed by atoms with van der Waals surface area (Å²) in [7, 11) is -1.45. The molecule has 0 N–H and O–H groups in total. The number of hydrogen-bond acceptors (Lipinski definition) is 7. The van der Waals surface area contributed by atoms with E-state index < -0.39 is 10.2 Å². The molecule has 9 heteroatoms. The lowest BCUT2D eigenvalue weighted by atomic mass is 10.1. The first-order chi connectivity index (χ1) is 10.4. The molecule has 0 aliphatic heterocycles. The molecule has 0 radical (unpaired) electrons. The molecule has 0 unspecified atom stereocenters. The van der Waals surface area contributed by atoms with Crippen LogP contribution in [0.3, 0.4) is 0 Å². The molecule has 0 saturated heterocycles. The van der Waals surface area contributed by atoms with Crippen molar-refractivity contribution >= 4 is 43.2 Å². The molecule has 0 aliphatic rings. The van der Waals surface area contributed by atoms with Gasteiger partial charge in [0.15, 0.2) is 15.3 Å². The maximum absolute atomic E-state index is 8.49. The predicted molar refractivity (Wildman–Crippen MR) is 79.1 cm³/mol. The molecule has 0 fully saturated rings. The predicted octanol–water partition coefficient (Wildman–Crippen LogP) is 0.272. The molecule has 2 aromatic carbocycles. The molecular weight excluding hydrogens is 366 g/mol. The monoisotopic (exact) mass is 375 g/mol. The van der Waals surface area contributed by atoms with Crippen LogP contribution in [0.1, 0.15) is 0 Å². The van der Waals surface area contributed by atoms with Crippen molar-refractivity contribution in [1.29, 1.82) is 0 Å². The number of benzene rings is 2. The highest BCUT2D eigenvalue weighted by molar-refractivity contribution is 8.02. The zero-order chi connectivity index (χ0) is 16.2. The third kappa shape index (κ3) is 5.11. The molecule has 0 amide bonds. The van der Waals surface area contributed by atoms with Crippen LogP contribution in [-0.2, 0) is 0 Å². The summed E-state index contributed by atoms with van der Waals surface area (Å²) in [6, 6.07) is 14.9. The van der Waals surface area contributed by atoms with E-state index in [-0.39, 0.29) is 0 Å². The number of aromatic nitrogens is 1. The molecule has 0 aliphatic carbocycles. The molecule has 0 bridgehead atoms. The first-order valence-corrected chi connectivity index (χ1v) is 10.4. The van der Waals surface area contributed by atoms with Crippen molar-refractivity contribution in [3.05, 3.63) is 42.5 Å². The molecule has 1 aromatic heterocycles. The number of thioether (sulfide) groups is 1. The van der Waals surface area contributed by atoms with Crippen molar-refractivity contribution in [2.24, 2.45) is 0 Å². The van der Waals surface area contributed by atoms with Crippen LogP contribution in [0.4, 0.5) is 0 Å². The van der Waals surface area contributed by atoms with Gasteiger partial charge < -0.3 is 0 Å². The lowest BCUT2D eigenvalue weighted by molar-refractivity contribution is -2.00. The smallest absolute Gasteiger partial charge is 0.222 e. The van der Waals surface area contributed by atoms with Crippen LogP contribution in [0, 0.1) is 10.2 Å². The van der Waals surface area contributed by atoms with Gasteiger partial charge in [-0.2, -0.15) is 4.98 Å². The molecular formula is C13H10ClNO4S3. The summed E-state index contributed by atoms with van der Waals surface area (Å²) >= 11 is 1.71. The average molecular weight is 376 g/mol. The van der Waals surface area contributed by atoms with Crippen LogP contribution in [0.2, 0.25) is 0 Å². The van der Waals surface area contributed by atoms with Crippen LogP contribution >= 0.6 is 32.4 Å². The van der Waals surface area contributed by atoms with Crippen molar-refractivity contribution in [2.45, 2.75) is 4.34 Å². The van der Waals surface area contributed by atoms with Gasteiger partial charge in [0.05, 0.1) is 0 Å². The summed E-state index contributed by atoms with van der Waals surface area (Å²) in [6.07, 6.45) is 2.07. The van der Waals surface area contributed by atoms with Crippen LogP contribution in [0.15, 0.2) is 46.8 Å². The summed E-state index contributed by atoms with van der Waals surface area (Å²) < 4.78 is 35.1. The molecule has 0 saturated carbocycles. The van der Waals surface area contributed by atoms with E-state index in [9.17, 15) is 0 Å². The van der Waals surface area contributed by atoms with Gasteiger partial charge in [0.2, 0.25) is 0 Å². The molecule has 3 rings (SSSR count). The first kappa shape index (κ1) is 17.5. The Labute approximate surface area is 140 Å². The minimum Gasteiger partial charge on any atom is -0.222 e. The van der Waals surface area contributed by atoms with Crippen molar-refractivity contribution in [3.63, 3.8) is 0 Å². The van der Waals surface area contributed by atoms with E-state index in [0.29, 0.717) is 0 Å².